The second-order valence-corrected chi connectivity index (χ2v) is 7.29. The average molecular weight is 405 g/mol. The molecule has 0 aliphatic carbocycles. The van der Waals surface area contributed by atoms with Crippen molar-refractivity contribution in [2.75, 3.05) is 5.43 Å². The Balaban J connectivity index is 1.52. The topological polar surface area (TPSA) is 83.0 Å². The van der Waals surface area contributed by atoms with Crippen LogP contribution in [0.25, 0.3) is 33.1 Å². The fourth-order valence-corrected chi connectivity index (χ4v) is 3.53. The maximum atomic E-state index is 12.3. The molecule has 0 saturated carbocycles. The van der Waals surface area contributed by atoms with Gasteiger partial charge in [-0.15, -0.1) is 0 Å². The van der Waals surface area contributed by atoms with Gasteiger partial charge < -0.3 is 4.98 Å². The number of H-pyrrole nitrogens is 1. The summed E-state index contributed by atoms with van der Waals surface area (Å²) in [5.74, 6) is 0.365. The molecule has 2 aromatic heterocycles. The Morgan fingerprint density at radius 1 is 0.935 bits per heavy atom. The summed E-state index contributed by atoms with van der Waals surface area (Å²) in [6.45, 7) is 2.05. The first kappa shape index (κ1) is 18.7. The largest absolute Gasteiger partial charge is 0.321 e. The van der Waals surface area contributed by atoms with Crippen molar-refractivity contribution in [2.45, 2.75) is 6.92 Å². The molecule has 0 bridgehead atoms. The third kappa shape index (κ3) is 3.79. The number of fused-ring (bicyclic) bond motifs is 2. The summed E-state index contributed by atoms with van der Waals surface area (Å²) in [5, 5.41) is 6.13. The van der Waals surface area contributed by atoms with Crippen LogP contribution in [0.4, 0.5) is 5.95 Å². The van der Waals surface area contributed by atoms with E-state index in [-0.39, 0.29) is 5.56 Å². The quantitative estimate of drug-likeness (QED) is 0.329. The summed E-state index contributed by atoms with van der Waals surface area (Å²) in [6.07, 6.45) is 1.48. The minimum absolute atomic E-state index is 0.205. The summed E-state index contributed by atoms with van der Waals surface area (Å²) < 4.78 is 0. The molecule has 0 saturated heterocycles. The molecule has 31 heavy (non-hydrogen) atoms. The minimum Gasteiger partial charge on any atom is -0.321 e. The van der Waals surface area contributed by atoms with Crippen molar-refractivity contribution >= 4 is 34.0 Å². The predicted octanol–water partition coefficient (Wildman–Crippen LogP) is 4.89. The van der Waals surface area contributed by atoms with E-state index in [1.165, 1.54) is 6.21 Å². The number of anilines is 1. The zero-order chi connectivity index (χ0) is 21.2. The molecule has 3 aromatic carbocycles. The number of nitrogens with zero attached hydrogens (tertiary/aromatic N) is 3. The summed E-state index contributed by atoms with van der Waals surface area (Å²) in [4.78, 5) is 24.5. The number of hydrogen-bond acceptors (Lipinski definition) is 5. The second kappa shape index (κ2) is 7.84. The van der Waals surface area contributed by atoms with E-state index >= 15 is 0 Å². The second-order valence-electron chi connectivity index (χ2n) is 7.29. The molecule has 5 aromatic rings. The molecule has 6 heteroatoms. The van der Waals surface area contributed by atoms with Gasteiger partial charge in [-0.05, 0) is 36.6 Å². The van der Waals surface area contributed by atoms with Crippen molar-refractivity contribution in [1.82, 2.24) is 15.0 Å². The SMILES string of the molecule is Cc1ccc2nc(N/N=C\c3cc4ccccc4[nH]c3=O)nc(-c3ccccc3)c2c1. The van der Waals surface area contributed by atoms with Crippen LogP contribution in [0.5, 0.6) is 0 Å². The molecule has 150 valence electrons. The fourth-order valence-electron chi connectivity index (χ4n) is 3.53. The van der Waals surface area contributed by atoms with E-state index in [9.17, 15) is 4.79 Å². The fraction of sp³-hybridized carbons (Fsp3) is 0.0400. The Labute approximate surface area is 178 Å². The van der Waals surface area contributed by atoms with Gasteiger partial charge in [0.15, 0.2) is 0 Å². The van der Waals surface area contributed by atoms with Crippen molar-refractivity contribution in [1.29, 1.82) is 0 Å². The Hall–Kier alpha value is -4.32. The van der Waals surface area contributed by atoms with Gasteiger partial charge in [0.1, 0.15) is 0 Å². The summed E-state index contributed by atoms with van der Waals surface area (Å²) in [7, 11) is 0. The van der Waals surface area contributed by atoms with E-state index in [2.05, 4.69) is 26.6 Å². The minimum atomic E-state index is -0.205. The normalized spacial score (nSPS) is 11.4. The lowest BCUT2D eigenvalue weighted by molar-refractivity contribution is 1.15. The monoisotopic (exact) mass is 405 g/mol. The van der Waals surface area contributed by atoms with Crippen molar-refractivity contribution < 1.29 is 0 Å². The summed E-state index contributed by atoms with van der Waals surface area (Å²) >= 11 is 0. The summed E-state index contributed by atoms with van der Waals surface area (Å²) in [6, 6.07) is 25.5. The van der Waals surface area contributed by atoms with Crippen LogP contribution in [0.1, 0.15) is 11.1 Å². The van der Waals surface area contributed by atoms with Gasteiger partial charge in [-0.1, -0.05) is 60.2 Å². The van der Waals surface area contributed by atoms with E-state index < -0.39 is 0 Å². The standard InChI is InChI=1S/C25H19N5O/c1-16-11-12-22-20(13-16)23(17-7-3-2-4-8-17)29-25(28-22)30-26-15-19-14-18-9-5-6-10-21(18)27-24(19)31/h2-15H,1H3,(H,27,31)(H,28,29,30)/b26-15-. The molecule has 0 spiro atoms. The number of hydrazone groups is 1. The maximum Gasteiger partial charge on any atom is 0.257 e. The number of hydrogen-bond donors (Lipinski definition) is 2. The molecule has 2 N–H and O–H groups in total. The van der Waals surface area contributed by atoms with Gasteiger partial charge in [-0.3, -0.25) is 4.79 Å². The first-order chi connectivity index (χ1) is 15.2. The van der Waals surface area contributed by atoms with Gasteiger partial charge in [0.25, 0.3) is 5.56 Å². The number of rotatable bonds is 4. The predicted molar refractivity (Wildman–Crippen MR) is 125 cm³/mol. The number of pyridine rings is 1. The first-order valence-electron chi connectivity index (χ1n) is 9.92. The van der Waals surface area contributed by atoms with Crippen LogP contribution in [0.3, 0.4) is 0 Å². The Morgan fingerprint density at radius 3 is 2.61 bits per heavy atom. The lowest BCUT2D eigenvalue weighted by atomic mass is 10.0. The number of nitrogens with one attached hydrogen (secondary N) is 2. The molecule has 0 aliphatic heterocycles. The van der Waals surface area contributed by atoms with E-state index in [0.717, 1.165) is 38.6 Å². The van der Waals surface area contributed by atoms with Gasteiger partial charge in [0, 0.05) is 16.5 Å². The molecule has 0 fully saturated rings. The number of aromatic nitrogens is 3. The molecule has 0 aliphatic rings. The smallest absolute Gasteiger partial charge is 0.257 e. The lowest BCUT2D eigenvalue weighted by Gasteiger charge is -2.09. The van der Waals surface area contributed by atoms with Gasteiger partial charge in [-0.2, -0.15) is 5.10 Å². The van der Waals surface area contributed by atoms with Crippen LogP contribution in [0, 0.1) is 6.92 Å². The van der Waals surface area contributed by atoms with Crippen molar-refractivity contribution in [2.24, 2.45) is 5.10 Å². The molecule has 0 radical (unpaired) electrons. The maximum absolute atomic E-state index is 12.3. The lowest BCUT2D eigenvalue weighted by Crippen LogP contribution is -2.12. The van der Waals surface area contributed by atoms with Crippen LogP contribution in [0.15, 0.2) is 88.8 Å². The molecule has 2 heterocycles. The van der Waals surface area contributed by atoms with Crippen LogP contribution in [-0.2, 0) is 0 Å². The highest BCUT2D eigenvalue weighted by Crippen LogP contribution is 2.28. The first-order valence-corrected chi connectivity index (χ1v) is 9.92. The Bertz CT molecular complexity index is 1490. The third-order valence-corrected chi connectivity index (χ3v) is 5.05. The van der Waals surface area contributed by atoms with Gasteiger partial charge in [0.2, 0.25) is 5.95 Å². The number of aromatic amines is 1. The van der Waals surface area contributed by atoms with Crippen LogP contribution in [-0.4, -0.2) is 21.2 Å². The third-order valence-electron chi connectivity index (χ3n) is 5.05. The molecule has 6 nitrogen and oxygen atoms in total. The summed E-state index contributed by atoms with van der Waals surface area (Å²) in [5.41, 5.74) is 7.70. The molecule has 0 atom stereocenters. The molecular formula is C25H19N5O. The molecule has 0 unspecified atom stereocenters. The van der Waals surface area contributed by atoms with Crippen LogP contribution in [0.2, 0.25) is 0 Å². The van der Waals surface area contributed by atoms with Gasteiger partial charge in [-0.25, -0.2) is 15.4 Å². The molecular weight excluding hydrogens is 386 g/mol. The average Bonchev–Trinajstić information content (AvgIpc) is 2.79. The highest BCUT2D eigenvalue weighted by Gasteiger charge is 2.10. The van der Waals surface area contributed by atoms with E-state index in [0.29, 0.717) is 11.5 Å². The zero-order valence-electron chi connectivity index (χ0n) is 16.8. The zero-order valence-corrected chi connectivity index (χ0v) is 16.8. The highest BCUT2D eigenvalue weighted by atomic mass is 16.1. The Kier molecular flexibility index (Phi) is 4.72. The van der Waals surface area contributed by atoms with Gasteiger partial charge in [0.05, 0.1) is 23.0 Å². The number of benzene rings is 3. The van der Waals surface area contributed by atoms with E-state index in [4.69, 9.17) is 4.98 Å². The van der Waals surface area contributed by atoms with Crippen molar-refractivity contribution in [3.05, 3.63) is 100 Å². The number of para-hydroxylation sites is 1. The molecule has 0 amide bonds. The van der Waals surface area contributed by atoms with Gasteiger partial charge >= 0.3 is 0 Å². The van der Waals surface area contributed by atoms with Crippen molar-refractivity contribution in [3.63, 3.8) is 0 Å². The van der Waals surface area contributed by atoms with Crippen LogP contribution >= 0.6 is 0 Å². The van der Waals surface area contributed by atoms with Crippen LogP contribution < -0.4 is 11.0 Å². The number of aryl methyl sites for hydroxylation is 1. The van der Waals surface area contributed by atoms with Crippen molar-refractivity contribution in [3.8, 4) is 11.3 Å². The van der Waals surface area contributed by atoms with E-state index in [1.807, 2.05) is 73.7 Å². The Morgan fingerprint density at radius 2 is 1.74 bits per heavy atom. The highest BCUT2D eigenvalue weighted by molar-refractivity contribution is 5.93. The molecule has 5 rings (SSSR count). The van der Waals surface area contributed by atoms with E-state index in [1.54, 1.807) is 6.07 Å².